The molecule has 0 saturated carbocycles. The average molecular weight is 463 g/mol. The molecular formula is C25H27FN6O2. The van der Waals surface area contributed by atoms with E-state index < -0.39 is 0 Å². The predicted octanol–water partition coefficient (Wildman–Crippen LogP) is 2.81. The molecule has 1 N–H and O–H groups in total. The number of pyridine rings is 1. The summed E-state index contributed by atoms with van der Waals surface area (Å²) in [6.45, 7) is 3.86. The van der Waals surface area contributed by atoms with Crippen LogP contribution in [0.1, 0.15) is 23.3 Å². The van der Waals surface area contributed by atoms with Crippen molar-refractivity contribution in [2.45, 2.75) is 12.8 Å². The number of halogens is 1. The van der Waals surface area contributed by atoms with E-state index >= 15 is 0 Å². The number of amides is 2. The van der Waals surface area contributed by atoms with Gasteiger partial charge in [0, 0.05) is 68.8 Å². The fourth-order valence-corrected chi connectivity index (χ4v) is 4.69. The summed E-state index contributed by atoms with van der Waals surface area (Å²) in [4.78, 5) is 36.0. The van der Waals surface area contributed by atoms with Gasteiger partial charge in [-0.05, 0) is 55.3 Å². The molecular weight excluding hydrogens is 435 g/mol. The van der Waals surface area contributed by atoms with E-state index in [2.05, 4.69) is 20.1 Å². The van der Waals surface area contributed by atoms with Gasteiger partial charge in [-0.2, -0.15) is 5.10 Å². The minimum absolute atomic E-state index is 0.0610. The van der Waals surface area contributed by atoms with E-state index in [9.17, 15) is 14.0 Å². The van der Waals surface area contributed by atoms with Gasteiger partial charge in [0.15, 0.2) is 0 Å². The number of aromatic amines is 1. The molecule has 34 heavy (non-hydrogen) atoms. The van der Waals surface area contributed by atoms with Crippen LogP contribution in [-0.4, -0.2) is 76.1 Å². The predicted molar refractivity (Wildman–Crippen MR) is 126 cm³/mol. The molecule has 176 valence electrons. The second-order valence-corrected chi connectivity index (χ2v) is 8.76. The van der Waals surface area contributed by atoms with Gasteiger partial charge in [0.1, 0.15) is 11.5 Å². The lowest BCUT2D eigenvalue weighted by molar-refractivity contribution is -0.137. The van der Waals surface area contributed by atoms with Crippen LogP contribution >= 0.6 is 0 Å². The molecule has 2 fully saturated rings. The number of nitrogens with zero attached hydrogens (tertiary/aromatic N) is 5. The molecule has 2 aliphatic rings. The number of rotatable bonds is 4. The zero-order valence-corrected chi connectivity index (χ0v) is 18.9. The Morgan fingerprint density at radius 2 is 1.68 bits per heavy atom. The van der Waals surface area contributed by atoms with Crippen LogP contribution in [-0.2, 0) is 4.79 Å². The minimum Gasteiger partial charge on any atom is -0.368 e. The standard InChI is InChI=1S/C25H27FN6O2/c26-20-3-5-21(6-4-20)30-12-14-32(15-13-30)24(33)18-7-10-31(11-8-18)25(34)23-16-22(28-29-23)19-2-1-9-27-17-19/h1-6,9,16-18H,7-8,10-15H2,(H,28,29). The maximum atomic E-state index is 13.2. The van der Waals surface area contributed by atoms with Gasteiger partial charge in [0.05, 0.1) is 5.69 Å². The number of piperazine rings is 1. The first-order chi connectivity index (χ1) is 16.6. The summed E-state index contributed by atoms with van der Waals surface area (Å²) < 4.78 is 13.2. The summed E-state index contributed by atoms with van der Waals surface area (Å²) in [6.07, 6.45) is 4.72. The minimum atomic E-state index is -0.246. The number of aromatic nitrogens is 3. The summed E-state index contributed by atoms with van der Waals surface area (Å²) in [5.41, 5.74) is 2.95. The van der Waals surface area contributed by atoms with E-state index in [0.717, 1.165) is 24.3 Å². The van der Waals surface area contributed by atoms with E-state index in [1.54, 1.807) is 35.5 Å². The molecule has 0 aliphatic carbocycles. The first-order valence-corrected chi connectivity index (χ1v) is 11.6. The topological polar surface area (TPSA) is 85.4 Å². The Kier molecular flexibility index (Phi) is 6.24. The molecule has 8 nitrogen and oxygen atoms in total. The summed E-state index contributed by atoms with van der Waals surface area (Å²) in [5.74, 6) is -0.231. The van der Waals surface area contributed by atoms with Crippen LogP contribution in [0.5, 0.6) is 0 Å². The lowest BCUT2D eigenvalue weighted by Gasteiger charge is -2.39. The Morgan fingerprint density at radius 1 is 0.941 bits per heavy atom. The zero-order valence-electron chi connectivity index (χ0n) is 18.9. The fraction of sp³-hybridized carbons (Fsp3) is 0.360. The van der Waals surface area contributed by atoms with Crippen molar-refractivity contribution in [2.75, 3.05) is 44.2 Å². The molecule has 0 unspecified atom stereocenters. The van der Waals surface area contributed by atoms with Crippen molar-refractivity contribution >= 4 is 17.5 Å². The SMILES string of the molecule is O=C(c1cc(-c2cccnc2)n[nH]1)N1CCC(C(=O)N2CCN(c3ccc(F)cc3)CC2)CC1. The number of benzene rings is 1. The van der Waals surface area contributed by atoms with Gasteiger partial charge in [-0.25, -0.2) is 4.39 Å². The van der Waals surface area contributed by atoms with Crippen LogP contribution in [0.2, 0.25) is 0 Å². The molecule has 1 aromatic carbocycles. The Labute approximate surface area is 197 Å². The summed E-state index contributed by atoms with van der Waals surface area (Å²) in [6, 6.07) is 12.0. The second kappa shape index (κ2) is 9.62. The number of carbonyl (C=O) groups is 2. The maximum Gasteiger partial charge on any atom is 0.271 e. The number of piperidine rings is 1. The third-order valence-corrected chi connectivity index (χ3v) is 6.68. The molecule has 5 rings (SSSR count). The number of H-pyrrole nitrogens is 1. The molecule has 0 atom stereocenters. The van der Waals surface area contributed by atoms with Gasteiger partial charge < -0.3 is 14.7 Å². The first-order valence-electron chi connectivity index (χ1n) is 11.6. The number of carbonyl (C=O) groups excluding carboxylic acids is 2. The maximum absolute atomic E-state index is 13.2. The van der Waals surface area contributed by atoms with Crippen LogP contribution < -0.4 is 4.90 Å². The normalized spacial score (nSPS) is 17.1. The molecule has 4 heterocycles. The molecule has 0 radical (unpaired) electrons. The number of nitrogens with one attached hydrogen (secondary N) is 1. The zero-order chi connectivity index (χ0) is 23.5. The van der Waals surface area contributed by atoms with Crippen molar-refractivity contribution in [2.24, 2.45) is 5.92 Å². The second-order valence-electron chi connectivity index (χ2n) is 8.76. The van der Waals surface area contributed by atoms with Gasteiger partial charge in [-0.15, -0.1) is 0 Å². The van der Waals surface area contributed by atoms with Crippen LogP contribution in [0.25, 0.3) is 11.3 Å². The van der Waals surface area contributed by atoms with Crippen molar-refractivity contribution in [3.05, 3.63) is 66.4 Å². The van der Waals surface area contributed by atoms with Crippen molar-refractivity contribution in [1.29, 1.82) is 0 Å². The monoisotopic (exact) mass is 462 g/mol. The molecule has 3 aromatic rings. The smallest absolute Gasteiger partial charge is 0.271 e. The van der Waals surface area contributed by atoms with Gasteiger partial charge in [0.25, 0.3) is 5.91 Å². The van der Waals surface area contributed by atoms with E-state index in [1.807, 2.05) is 17.0 Å². The highest BCUT2D eigenvalue weighted by Gasteiger charge is 2.32. The Hall–Kier alpha value is -3.75. The fourth-order valence-electron chi connectivity index (χ4n) is 4.69. The van der Waals surface area contributed by atoms with Crippen LogP contribution in [0, 0.1) is 11.7 Å². The Balaban J connectivity index is 1.12. The van der Waals surface area contributed by atoms with Crippen molar-refractivity contribution in [3.63, 3.8) is 0 Å². The van der Waals surface area contributed by atoms with Gasteiger partial charge in [-0.3, -0.25) is 19.7 Å². The number of anilines is 1. The third kappa shape index (κ3) is 4.64. The number of hydrogen-bond donors (Lipinski definition) is 1. The quantitative estimate of drug-likeness (QED) is 0.645. The molecule has 2 saturated heterocycles. The lowest BCUT2D eigenvalue weighted by atomic mass is 9.94. The van der Waals surface area contributed by atoms with Crippen molar-refractivity contribution in [3.8, 4) is 11.3 Å². The molecule has 0 bridgehead atoms. The molecule has 0 spiro atoms. The van der Waals surface area contributed by atoms with Crippen LogP contribution in [0.15, 0.2) is 54.9 Å². The highest BCUT2D eigenvalue weighted by molar-refractivity contribution is 5.93. The first kappa shape index (κ1) is 22.1. The van der Waals surface area contributed by atoms with Gasteiger partial charge >= 0.3 is 0 Å². The average Bonchev–Trinajstić information content (AvgIpc) is 3.40. The van der Waals surface area contributed by atoms with Crippen molar-refractivity contribution < 1.29 is 14.0 Å². The van der Waals surface area contributed by atoms with E-state index in [4.69, 9.17) is 0 Å². The molecule has 9 heteroatoms. The molecule has 2 amide bonds. The van der Waals surface area contributed by atoms with Crippen LogP contribution in [0.3, 0.4) is 0 Å². The Morgan fingerprint density at radius 3 is 2.35 bits per heavy atom. The largest absolute Gasteiger partial charge is 0.368 e. The summed E-state index contributed by atoms with van der Waals surface area (Å²) in [5, 5.41) is 7.08. The van der Waals surface area contributed by atoms with E-state index in [1.165, 1.54) is 12.1 Å². The lowest BCUT2D eigenvalue weighted by Crippen LogP contribution is -2.52. The number of likely N-dealkylation sites (tertiary alicyclic amines) is 1. The number of hydrogen-bond acceptors (Lipinski definition) is 5. The molecule has 2 aromatic heterocycles. The summed E-state index contributed by atoms with van der Waals surface area (Å²) >= 11 is 0. The summed E-state index contributed by atoms with van der Waals surface area (Å²) in [7, 11) is 0. The Bertz CT molecular complexity index is 1130. The van der Waals surface area contributed by atoms with E-state index in [0.29, 0.717) is 50.4 Å². The highest BCUT2D eigenvalue weighted by Crippen LogP contribution is 2.24. The van der Waals surface area contributed by atoms with Crippen LogP contribution in [0.4, 0.5) is 10.1 Å². The van der Waals surface area contributed by atoms with Crippen molar-refractivity contribution in [1.82, 2.24) is 25.0 Å². The molecule has 2 aliphatic heterocycles. The highest BCUT2D eigenvalue weighted by atomic mass is 19.1. The van der Waals surface area contributed by atoms with Gasteiger partial charge in [-0.1, -0.05) is 0 Å². The van der Waals surface area contributed by atoms with Gasteiger partial charge in [0.2, 0.25) is 5.91 Å². The third-order valence-electron chi connectivity index (χ3n) is 6.68. The van der Waals surface area contributed by atoms with E-state index in [-0.39, 0.29) is 23.5 Å².